The molecular formula is C16H22Cl2N2O2. The average Bonchev–Trinajstić information content (AvgIpc) is 2.51. The van der Waals surface area contributed by atoms with Gasteiger partial charge in [-0.3, -0.25) is 4.79 Å². The highest BCUT2D eigenvalue weighted by molar-refractivity contribution is 6.40. The first-order valence-electron chi connectivity index (χ1n) is 7.57. The predicted molar refractivity (Wildman–Crippen MR) is 90.4 cm³/mol. The van der Waals surface area contributed by atoms with E-state index in [4.69, 9.17) is 28.9 Å². The first kappa shape index (κ1) is 17.4. The molecule has 0 spiro atoms. The molecule has 1 amide bonds. The van der Waals surface area contributed by atoms with Crippen molar-refractivity contribution in [2.24, 2.45) is 5.92 Å². The fourth-order valence-corrected chi connectivity index (χ4v) is 3.42. The largest absolute Gasteiger partial charge is 0.396 e. The number of anilines is 1. The number of nitrogen functional groups attached to an aromatic ring is 1. The summed E-state index contributed by atoms with van der Waals surface area (Å²) in [5.41, 5.74) is 5.27. The number of halogens is 2. The van der Waals surface area contributed by atoms with E-state index in [1.807, 2.05) is 0 Å². The highest BCUT2D eigenvalue weighted by Gasteiger charge is 2.33. The third kappa shape index (κ3) is 3.86. The van der Waals surface area contributed by atoms with Crippen LogP contribution in [0.3, 0.4) is 0 Å². The van der Waals surface area contributed by atoms with Gasteiger partial charge in [0.1, 0.15) is 0 Å². The van der Waals surface area contributed by atoms with Gasteiger partial charge in [0.15, 0.2) is 0 Å². The van der Waals surface area contributed by atoms with E-state index in [2.05, 4.69) is 5.32 Å². The number of amides is 1. The van der Waals surface area contributed by atoms with Gasteiger partial charge >= 0.3 is 0 Å². The van der Waals surface area contributed by atoms with Crippen LogP contribution in [0.15, 0.2) is 12.1 Å². The Morgan fingerprint density at radius 2 is 2.00 bits per heavy atom. The molecule has 0 bridgehead atoms. The molecule has 1 aromatic carbocycles. The van der Waals surface area contributed by atoms with Crippen LogP contribution in [0.1, 0.15) is 49.4 Å². The van der Waals surface area contributed by atoms with Crippen molar-refractivity contribution in [3.05, 3.63) is 27.7 Å². The molecule has 2 rings (SSSR count). The Hall–Kier alpha value is -0.970. The average molecular weight is 345 g/mol. The van der Waals surface area contributed by atoms with Crippen LogP contribution in [-0.4, -0.2) is 23.2 Å². The topological polar surface area (TPSA) is 75.3 Å². The van der Waals surface area contributed by atoms with Crippen molar-refractivity contribution in [1.29, 1.82) is 0 Å². The second kappa shape index (κ2) is 7.07. The van der Waals surface area contributed by atoms with E-state index in [-0.39, 0.29) is 34.6 Å². The SMILES string of the molecule is CC(O)(CNC(=O)c1ccc(Cl)c(N)c1Cl)C1CCCCC1. The summed E-state index contributed by atoms with van der Waals surface area (Å²) in [6.07, 6.45) is 5.48. The number of nitrogens with one attached hydrogen (secondary N) is 1. The van der Waals surface area contributed by atoms with E-state index in [1.165, 1.54) is 18.6 Å². The quantitative estimate of drug-likeness (QED) is 0.730. The molecule has 1 unspecified atom stereocenters. The van der Waals surface area contributed by atoms with Crippen LogP contribution in [-0.2, 0) is 0 Å². The van der Waals surface area contributed by atoms with Crippen molar-refractivity contribution >= 4 is 34.8 Å². The summed E-state index contributed by atoms with van der Waals surface area (Å²) < 4.78 is 0. The standard InChI is InChI=1S/C16H22Cl2N2O2/c1-16(22,10-5-3-2-4-6-10)9-20-15(21)11-7-8-12(17)14(19)13(11)18/h7-8,10,22H,2-6,9,19H2,1H3,(H,20,21). The van der Waals surface area contributed by atoms with Crippen LogP contribution in [0, 0.1) is 5.92 Å². The van der Waals surface area contributed by atoms with Crippen LogP contribution < -0.4 is 11.1 Å². The van der Waals surface area contributed by atoms with Crippen molar-refractivity contribution in [3.63, 3.8) is 0 Å². The van der Waals surface area contributed by atoms with E-state index in [0.29, 0.717) is 5.02 Å². The Bertz CT molecular complexity index is 555. The van der Waals surface area contributed by atoms with Crippen LogP contribution in [0.25, 0.3) is 0 Å². The van der Waals surface area contributed by atoms with Crippen LogP contribution in [0.2, 0.25) is 10.0 Å². The highest BCUT2D eigenvalue weighted by atomic mass is 35.5. The molecule has 1 saturated carbocycles. The van der Waals surface area contributed by atoms with Crippen LogP contribution >= 0.6 is 23.2 Å². The lowest BCUT2D eigenvalue weighted by molar-refractivity contribution is -0.0143. The lowest BCUT2D eigenvalue weighted by Crippen LogP contribution is -2.46. The molecule has 1 aliphatic rings. The molecule has 1 atom stereocenters. The molecule has 0 saturated heterocycles. The number of hydrogen-bond acceptors (Lipinski definition) is 3. The van der Waals surface area contributed by atoms with Gasteiger partial charge in [0.2, 0.25) is 0 Å². The van der Waals surface area contributed by atoms with Crippen molar-refractivity contribution < 1.29 is 9.90 Å². The van der Waals surface area contributed by atoms with E-state index >= 15 is 0 Å². The van der Waals surface area contributed by atoms with Crippen LogP contribution in [0.5, 0.6) is 0 Å². The predicted octanol–water partition coefficient (Wildman–Crippen LogP) is 3.64. The molecule has 0 heterocycles. The van der Waals surface area contributed by atoms with Gasteiger partial charge in [0.05, 0.1) is 26.9 Å². The van der Waals surface area contributed by atoms with Crippen LogP contribution in [0.4, 0.5) is 5.69 Å². The maximum absolute atomic E-state index is 12.3. The molecule has 0 aliphatic heterocycles. The number of carbonyl (C=O) groups is 1. The number of aliphatic hydroxyl groups is 1. The highest BCUT2D eigenvalue weighted by Crippen LogP contribution is 2.33. The van der Waals surface area contributed by atoms with Gasteiger partial charge < -0.3 is 16.2 Å². The molecule has 1 fully saturated rings. The maximum Gasteiger partial charge on any atom is 0.252 e. The summed E-state index contributed by atoms with van der Waals surface area (Å²) in [7, 11) is 0. The second-order valence-corrected chi connectivity index (χ2v) is 6.98. The van der Waals surface area contributed by atoms with Crippen molar-refractivity contribution in [3.8, 4) is 0 Å². The Labute approximate surface area is 141 Å². The van der Waals surface area contributed by atoms with Crippen molar-refractivity contribution in [2.45, 2.75) is 44.6 Å². The first-order chi connectivity index (χ1) is 10.3. The van der Waals surface area contributed by atoms with Gasteiger partial charge in [0, 0.05) is 6.54 Å². The summed E-state index contributed by atoms with van der Waals surface area (Å²) in [6, 6.07) is 3.07. The summed E-state index contributed by atoms with van der Waals surface area (Å²) >= 11 is 11.9. The Morgan fingerprint density at radius 1 is 1.36 bits per heavy atom. The summed E-state index contributed by atoms with van der Waals surface area (Å²) in [4.78, 5) is 12.3. The molecule has 22 heavy (non-hydrogen) atoms. The molecule has 0 aromatic heterocycles. The summed E-state index contributed by atoms with van der Waals surface area (Å²) in [5.74, 6) is -0.142. The van der Waals surface area contributed by atoms with Gasteiger partial charge in [-0.1, -0.05) is 42.5 Å². The lowest BCUT2D eigenvalue weighted by atomic mass is 9.78. The van der Waals surface area contributed by atoms with E-state index in [0.717, 1.165) is 25.7 Å². The number of hydrogen-bond donors (Lipinski definition) is 3. The Morgan fingerprint density at radius 3 is 2.64 bits per heavy atom. The second-order valence-electron chi connectivity index (χ2n) is 6.20. The number of rotatable bonds is 4. The van der Waals surface area contributed by atoms with E-state index in [9.17, 15) is 9.90 Å². The van der Waals surface area contributed by atoms with Gasteiger partial charge in [0.25, 0.3) is 5.91 Å². The fraction of sp³-hybridized carbons (Fsp3) is 0.562. The minimum Gasteiger partial charge on any atom is -0.396 e. The van der Waals surface area contributed by atoms with Gasteiger partial charge in [-0.2, -0.15) is 0 Å². The third-order valence-corrected chi connectivity index (χ3v) is 5.20. The monoisotopic (exact) mass is 344 g/mol. The Kier molecular flexibility index (Phi) is 5.59. The summed E-state index contributed by atoms with van der Waals surface area (Å²) in [5, 5.41) is 13.8. The number of nitrogens with two attached hydrogens (primary N) is 1. The minimum absolute atomic E-state index is 0.141. The zero-order valence-electron chi connectivity index (χ0n) is 12.7. The van der Waals surface area contributed by atoms with Crippen molar-refractivity contribution in [1.82, 2.24) is 5.32 Å². The minimum atomic E-state index is -0.916. The molecule has 1 aliphatic carbocycles. The molecule has 122 valence electrons. The fourth-order valence-electron chi connectivity index (χ4n) is 2.97. The zero-order valence-corrected chi connectivity index (χ0v) is 14.2. The lowest BCUT2D eigenvalue weighted by Gasteiger charge is -2.35. The zero-order chi connectivity index (χ0) is 16.3. The summed E-state index contributed by atoms with van der Waals surface area (Å²) in [6.45, 7) is 1.97. The molecule has 0 radical (unpaired) electrons. The Balaban J connectivity index is 2.01. The van der Waals surface area contributed by atoms with Gasteiger partial charge in [-0.25, -0.2) is 0 Å². The van der Waals surface area contributed by atoms with Gasteiger partial charge in [-0.05, 0) is 37.8 Å². The normalized spacial score (nSPS) is 18.7. The first-order valence-corrected chi connectivity index (χ1v) is 8.32. The van der Waals surface area contributed by atoms with Crippen molar-refractivity contribution in [2.75, 3.05) is 12.3 Å². The van der Waals surface area contributed by atoms with E-state index in [1.54, 1.807) is 6.92 Å². The number of carbonyl (C=O) groups excluding carboxylic acids is 1. The number of benzene rings is 1. The van der Waals surface area contributed by atoms with Gasteiger partial charge in [-0.15, -0.1) is 0 Å². The molecule has 4 N–H and O–H groups in total. The molecule has 4 nitrogen and oxygen atoms in total. The van der Waals surface area contributed by atoms with E-state index < -0.39 is 5.60 Å². The molecular weight excluding hydrogens is 323 g/mol. The molecule has 1 aromatic rings. The smallest absolute Gasteiger partial charge is 0.252 e. The maximum atomic E-state index is 12.3. The molecule has 6 heteroatoms. The third-order valence-electron chi connectivity index (χ3n) is 4.46.